The molecule has 1 heterocycles. The van der Waals surface area contributed by atoms with E-state index in [2.05, 4.69) is 10.6 Å². The number of nitrogens with one attached hydrogen (secondary N) is 2. The molecule has 2 N–H and O–H groups in total. The van der Waals surface area contributed by atoms with Gasteiger partial charge in [0.15, 0.2) is 0 Å². The van der Waals surface area contributed by atoms with Crippen LogP contribution in [0.15, 0.2) is 0 Å². The third kappa shape index (κ3) is 1.42. The Morgan fingerprint density at radius 2 is 2.44 bits per heavy atom. The van der Waals surface area contributed by atoms with E-state index < -0.39 is 0 Å². The van der Waals surface area contributed by atoms with E-state index in [1.54, 1.807) is 0 Å². The predicted octanol–water partition coefficient (Wildman–Crippen LogP) is -1.03. The Labute approximate surface area is 52.6 Å². The number of amides is 2. The van der Waals surface area contributed by atoms with E-state index in [0.717, 1.165) is 0 Å². The Kier molecular flexibility index (Phi) is 1.38. The molecule has 0 aromatic heterocycles. The Hall–Kier alpha value is -1.06. The van der Waals surface area contributed by atoms with Gasteiger partial charge in [0.2, 0.25) is 11.8 Å². The van der Waals surface area contributed by atoms with Crippen molar-refractivity contribution in [2.24, 2.45) is 0 Å². The van der Waals surface area contributed by atoms with Crippen molar-refractivity contribution in [1.82, 2.24) is 10.6 Å². The monoisotopic (exact) mass is 128 g/mol. The Morgan fingerprint density at radius 3 is 2.78 bits per heavy atom. The van der Waals surface area contributed by atoms with Crippen molar-refractivity contribution in [3.05, 3.63) is 0 Å². The van der Waals surface area contributed by atoms with Gasteiger partial charge in [0.25, 0.3) is 0 Å². The maximum atomic E-state index is 10.3. The fraction of sp³-hybridized carbons (Fsp3) is 0.600. The van der Waals surface area contributed by atoms with Gasteiger partial charge < -0.3 is 10.6 Å². The first-order valence-corrected chi connectivity index (χ1v) is 2.75. The maximum absolute atomic E-state index is 10.3. The van der Waals surface area contributed by atoms with Crippen LogP contribution in [0, 0.1) is 0 Å². The van der Waals surface area contributed by atoms with Crippen LogP contribution in [0.25, 0.3) is 0 Å². The van der Waals surface area contributed by atoms with Crippen LogP contribution in [0.4, 0.5) is 0 Å². The summed E-state index contributed by atoms with van der Waals surface area (Å²) in [4.78, 5) is 20.5. The zero-order valence-corrected chi connectivity index (χ0v) is 5.10. The molecule has 0 radical (unpaired) electrons. The molecule has 0 spiro atoms. The lowest BCUT2D eigenvalue weighted by molar-refractivity contribution is -0.131. The smallest absolute Gasteiger partial charge is 0.225 e. The molecule has 2 amide bonds. The molecule has 1 fully saturated rings. The number of β-lactam (4-membered cyclic amide) rings is 1. The van der Waals surface area contributed by atoms with Crippen molar-refractivity contribution in [3.8, 4) is 0 Å². The molecule has 9 heavy (non-hydrogen) atoms. The van der Waals surface area contributed by atoms with Gasteiger partial charge in [-0.1, -0.05) is 0 Å². The van der Waals surface area contributed by atoms with Crippen molar-refractivity contribution in [2.45, 2.75) is 19.5 Å². The number of carbonyl (C=O) groups is 2. The average Bonchev–Trinajstić information content (AvgIpc) is 1.60. The van der Waals surface area contributed by atoms with Crippen LogP contribution in [-0.4, -0.2) is 18.0 Å². The predicted molar refractivity (Wildman–Crippen MR) is 30.4 cm³/mol. The van der Waals surface area contributed by atoms with E-state index in [1.807, 2.05) is 0 Å². The van der Waals surface area contributed by atoms with Crippen molar-refractivity contribution in [1.29, 1.82) is 0 Å². The molecule has 1 saturated heterocycles. The van der Waals surface area contributed by atoms with Crippen molar-refractivity contribution in [2.75, 3.05) is 0 Å². The van der Waals surface area contributed by atoms with E-state index in [4.69, 9.17) is 0 Å². The van der Waals surface area contributed by atoms with E-state index in [0.29, 0.717) is 6.42 Å². The van der Waals surface area contributed by atoms with Gasteiger partial charge in [-0.15, -0.1) is 0 Å². The highest BCUT2D eigenvalue weighted by Crippen LogP contribution is 1.98. The summed E-state index contributed by atoms with van der Waals surface area (Å²) >= 11 is 0. The van der Waals surface area contributed by atoms with Crippen LogP contribution in [0.2, 0.25) is 0 Å². The first-order valence-electron chi connectivity index (χ1n) is 2.75. The van der Waals surface area contributed by atoms with E-state index >= 15 is 0 Å². The van der Waals surface area contributed by atoms with Crippen molar-refractivity contribution in [3.63, 3.8) is 0 Å². The van der Waals surface area contributed by atoms with Gasteiger partial charge >= 0.3 is 0 Å². The third-order valence-corrected chi connectivity index (χ3v) is 1.10. The van der Waals surface area contributed by atoms with E-state index in [1.165, 1.54) is 6.92 Å². The molecule has 4 nitrogen and oxygen atoms in total. The summed E-state index contributed by atoms with van der Waals surface area (Å²) in [7, 11) is 0. The minimum absolute atomic E-state index is 0.00579. The molecular weight excluding hydrogens is 120 g/mol. The van der Waals surface area contributed by atoms with Gasteiger partial charge in [0.05, 0.1) is 6.42 Å². The number of carbonyl (C=O) groups excluding carboxylic acids is 2. The van der Waals surface area contributed by atoms with Gasteiger partial charge in [-0.2, -0.15) is 0 Å². The molecule has 1 aliphatic heterocycles. The molecule has 1 unspecified atom stereocenters. The van der Waals surface area contributed by atoms with Crippen LogP contribution in [0.1, 0.15) is 13.3 Å². The fourth-order valence-electron chi connectivity index (χ4n) is 0.691. The minimum Gasteiger partial charge on any atom is -0.336 e. The van der Waals surface area contributed by atoms with E-state index in [9.17, 15) is 9.59 Å². The average molecular weight is 128 g/mol. The molecule has 0 aromatic rings. The normalized spacial score (nSPS) is 24.1. The lowest BCUT2D eigenvalue weighted by atomic mass is 10.2. The fourth-order valence-corrected chi connectivity index (χ4v) is 0.691. The second kappa shape index (κ2) is 2.05. The molecule has 1 rings (SSSR count). The van der Waals surface area contributed by atoms with E-state index in [-0.39, 0.29) is 18.0 Å². The molecule has 1 aliphatic rings. The second-order valence-electron chi connectivity index (χ2n) is 2.02. The standard InChI is InChI=1S/C5H8N2O2/c1-3(8)6-4-2-5(9)7-4/h4H,2H2,1H3,(H,6,8)(H,7,9). The van der Waals surface area contributed by atoms with Gasteiger partial charge in [-0.25, -0.2) is 0 Å². The summed E-state index contributed by atoms with van der Waals surface area (Å²) in [6.45, 7) is 1.42. The van der Waals surface area contributed by atoms with Crippen LogP contribution >= 0.6 is 0 Å². The molecule has 4 heteroatoms. The van der Waals surface area contributed by atoms with Gasteiger partial charge in [-0.05, 0) is 0 Å². The Morgan fingerprint density at radius 1 is 1.89 bits per heavy atom. The van der Waals surface area contributed by atoms with Gasteiger partial charge in [0.1, 0.15) is 6.17 Å². The number of rotatable bonds is 1. The van der Waals surface area contributed by atoms with Gasteiger partial charge in [0, 0.05) is 6.92 Å². The molecule has 50 valence electrons. The van der Waals surface area contributed by atoms with Crippen LogP contribution in [0.3, 0.4) is 0 Å². The highest BCUT2D eigenvalue weighted by atomic mass is 16.2. The van der Waals surface area contributed by atoms with Gasteiger partial charge in [-0.3, -0.25) is 9.59 Å². The summed E-state index contributed by atoms with van der Waals surface area (Å²) in [6.07, 6.45) is 0.301. The third-order valence-electron chi connectivity index (χ3n) is 1.10. The zero-order valence-electron chi connectivity index (χ0n) is 5.10. The molecule has 0 aromatic carbocycles. The summed E-state index contributed by atoms with van der Waals surface area (Å²) in [5, 5.41) is 5.04. The molecule has 0 saturated carbocycles. The molecule has 0 aliphatic carbocycles. The largest absolute Gasteiger partial charge is 0.336 e. The zero-order chi connectivity index (χ0) is 6.85. The Bertz CT molecular complexity index is 147. The number of hydrogen-bond acceptors (Lipinski definition) is 2. The van der Waals surface area contributed by atoms with Crippen LogP contribution < -0.4 is 10.6 Å². The van der Waals surface area contributed by atoms with Crippen molar-refractivity contribution >= 4 is 11.8 Å². The summed E-state index contributed by atoms with van der Waals surface area (Å²) in [5.41, 5.74) is 0. The molecule has 0 bridgehead atoms. The minimum atomic E-state index is -0.116. The highest BCUT2D eigenvalue weighted by molar-refractivity contribution is 5.84. The van der Waals surface area contributed by atoms with Crippen LogP contribution in [0.5, 0.6) is 0 Å². The first-order chi connectivity index (χ1) is 4.18. The SMILES string of the molecule is CC(=O)NC1CC(=O)N1. The quantitative estimate of drug-likeness (QED) is 0.443. The van der Waals surface area contributed by atoms with Crippen molar-refractivity contribution < 1.29 is 9.59 Å². The second-order valence-corrected chi connectivity index (χ2v) is 2.02. The summed E-state index contributed by atoms with van der Waals surface area (Å²) < 4.78 is 0. The lowest BCUT2D eigenvalue weighted by Gasteiger charge is -2.26. The number of hydrogen-bond donors (Lipinski definition) is 2. The summed E-state index contributed by atoms with van der Waals surface area (Å²) in [5.74, 6) is -0.117. The lowest BCUT2D eigenvalue weighted by Crippen LogP contribution is -2.57. The Balaban J connectivity index is 2.18. The summed E-state index contributed by atoms with van der Waals surface area (Å²) in [6, 6.07) is 0. The van der Waals surface area contributed by atoms with Crippen LogP contribution in [-0.2, 0) is 9.59 Å². The first kappa shape index (κ1) is 6.07. The molecule has 1 atom stereocenters. The highest BCUT2D eigenvalue weighted by Gasteiger charge is 2.24. The maximum Gasteiger partial charge on any atom is 0.225 e. The topological polar surface area (TPSA) is 58.2 Å². The molecular formula is C5H8N2O2.